The number of ether oxygens (including phenoxy) is 2. The highest BCUT2D eigenvalue weighted by molar-refractivity contribution is 14.0. The fourth-order valence-electron chi connectivity index (χ4n) is 2.65. The lowest BCUT2D eigenvalue weighted by Crippen LogP contribution is -2.40. The average Bonchev–Trinajstić information content (AvgIpc) is 2.69. The molecule has 166 valence electrons. The third-order valence-electron chi connectivity index (χ3n) is 4.22. The first kappa shape index (κ1) is 27.5. The van der Waals surface area contributed by atoms with Crippen LogP contribution in [0.5, 0.6) is 5.75 Å². The minimum atomic E-state index is -0.123. The first-order valence-corrected chi connectivity index (χ1v) is 10.0. The van der Waals surface area contributed by atoms with Crippen LogP contribution in [0, 0.1) is 5.92 Å². The van der Waals surface area contributed by atoms with Crippen molar-refractivity contribution in [3.8, 4) is 5.75 Å². The molecule has 0 aliphatic rings. The number of hydrogen-bond donors (Lipinski definition) is 3. The lowest BCUT2D eigenvalue weighted by molar-refractivity contribution is -0.119. The minimum absolute atomic E-state index is 0. The van der Waals surface area contributed by atoms with E-state index in [-0.39, 0.29) is 42.5 Å². The molecule has 1 aromatic rings. The van der Waals surface area contributed by atoms with Gasteiger partial charge >= 0.3 is 0 Å². The van der Waals surface area contributed by atoms with Gasteiger partial charge in [0.2, 0.25) is 5.91 Å². The van der Waals surface area contributed by atoms with Crippen LogP contribution in [0.1, 0.15) is 39.7 Å². The van der Waals surface area contributed by atoms with E-state index in [0.29, 0.717) is 25.0 Å². The van der Waals surface area contributed by atoms with Crippen molar-refractivity contribution in [2.24, 2.45) is 10.9 Å². The van der Waals surface area contributed by atoms with E-state index < -0.39 is 0 Å². The second-order valence-electron chi connectivity index (χ2n) is 6.77. The van der Waals surface area contributed by atoms with Crippen LogP contribution >= 0.6 is 24.0 Å². The van der Waals surface area contributed by atoms with E-state index in [4.69, 9.17) is 9.47 Å². The van der Waals surface area contributed by atoms with Gasteiger partial charge in [0.25, 0.3) is 0 Å². The highest BCUT2D eigenvalue weighted by Gasteiger charge is 2.13. The van der Waals surface area contributed by atoms with Gasteiger partial charge in [-0.3, -0.25) is 4.79 Å². The Labute approximate surface area is 192 Å². The third-order valence-corrected chi connectivity index (χ3v) is 4.22. The highest BCUT2D eigenvalue weighted by Crippen LogP contribution is 2.11. The Morgan fingerprint density at radius 2 is 1.79 bits per heavy atom. The van der Waals surface area contributed by atoms with Gasteiger partial charge in [0, 0.05) is 26.2 Å². The van der Waals surface area contributed by atoms with Crippen LogP contribution in [0.2, 0.25) is 0 Å². The third kappa shape index (κ3) is 11.9. The normalized spacial score (nSPS) is 12.1. The average molecular weight is 520 g/mol. The maximum atomic E-state index is 12.1. The van der Waals surface area contributed by atoms with Gasteiger partial charge in [0.05, 0.1) is 13.2 Å². The van der Waals surface area contributed by atoms with E-state index in [0.717, 1.165) is 30.8 Å². The molecule has 7 nitrogen and oxygen atoms in total. The van der Waals surface area contributed by atoms with E-state index in [1.807, 2.05) is 38.1 Å². The summed E-state index contributed by atoms with van der Waals surface area (Å²) in [5.41, 5.74) is 1.01. The molecule has 0 aliphatic heterocycles. The standard InChI is InChI=1S/C21H36N4O3.HI/c1-6-22-21(23-13-12-19(16(3)4)28-7-2)25-15-20(26)24-14-17-8-10-18(27-5)11-9-17;/h8-11,16,19H,6-7,12-15H2,1-5H3,(H,24,26)(H2,22,23,25);1H. The monoisotopic (exact) mass is 520 g/mol. The van der Waals surface area contributed by atoms with Crippen LogP contribution in [0.4, 0.5) is 0 Å². The van der Waals surface area contributed by atoms with Gasteiger partial charge in [-0.1, -0.05) is 26.0 Å². The number of amides is 1. The molecule has 1 amide bonds. The van der Waals surface area contributed by atoms with Gasteiger partial charge in [-0.15, -0.1) is 24.0 Å². The smallest absolute Gasteiger partial charge is 0.242 e. The zero-order valence-corrected chi connectivity index (χ0v) is 20.6. The van der Waals surface area contributed by atoms with Crippen molar-refractivity contribution in [1.29, 1.82) is 0 Å². The van der Waals surface area contributed by atoms with Crippen LogP contribution in [0.15, 0.2) is 29.3 Å². The summed E-state index contributed by atoms with van der Waals surface area (Å²) in [6.45, 7) is 11.1. The molecule has 8 heteroatoms. The summed E-state index contributed by atoms with van der Waals surface area (Å²) >= 11 is 0. The van der Waals surface area contributed by atoms with E-state index in [9.17, 15) is 4.79 Å². The first-order chi connectivity index (χ1) is 13.5. The Morgan fingerprint density at radius 1 is 1.10 bits per heavy atom. The molecule has 0 saturated heterocycles. The number of methoxy groups -OCH3 is 1. The number of halogens is 1. The molecule has 0 saturated carbocycles. The van der Waals surface area contributed by atoms with Gasteiger partial charge in [0.1, 0.15) is 12.3 Å². The van der Waals surface area contributed by atoms with Gasteiger partial charge in [-0.25, -0.2) is 4.99 Å². The van der Waals surface area contributed by atoms with Gasteiger partial charge in [-0.2, -0.15) is 0 Å². The summed E-state index contributed by atoms with van der Waals surface area (Å²) < 4.78 is 10.9. The molecule has 0 aromatic heterocycles. The molecule has 29 heavy (non-hydrogen) atoms. The molecule has 0 spiro atoms. The molecular weight excluding hydrogens is 483 g/mol. The summed E-state index contributed by atoms with van der Waals surface area (Å²) in [6, 6.07) is 7.61. The van der Waals surface area contributed by atoms with E-state index in [1.54, 1.807) is 7.11 Å². The summed E-state index contributed by atoms with van der Waals surface area (Å²) in [6.07, 6.45) is 1.10. The Morgan fingerprint density at radius 3 is 2.34 bits per heavy atom. The molecule has 1 unspecified atom stereocenters. The number of aliphatic imine (C=N–C) groups is 1. The number of benzene rings is 1. The quantitative estimate of drug-likeness (QED) is 0.224. The van der Waals surface area contributed by atoms with E-state index in [1.165, 1.54) is 0 Å². The van der Waals surface area contributed by atoms with Crippen LogP contribution < -0.4 is 20.7 Å². The lowest BCUT2D eigenvalue weighted by atomic mass is 10.0. The Balaban J connectivity index is 0.00000784. The maximum Gasteiger partial charge on any atom is 0.242 e. The van der Waals surface area contributed by atoms with Crippen molar-refractivity contribution < 1.29 is 14.3 Å². The number of hydrogen-bond acceptors (Lipinski definition) is 4. The number of nitrogens with zero attached hydrogens (tertiary/aromatic N) is 1. The van der Waals surface area contributed by atoms with Crippen LogP contribution in [-0.2, 0) is 16.1 Å². The van der Waals surface area contributed by atoms with Gasteiger partial charge < -0.3 is 25.4 Å². The maximum absolute atomic E-state index is 12.1. The molecule has 0 fully saturated rings. The predicted molar refractivity (Wildman–Crippen MR) is 129 cm³/mol. The zero-order chi connectivity index (χ0) is 20.8. The van der Waals surface area contributed by atoms with Crippen molar-refractivity contribution in [1.82, 2.24) is 16.0 Å². The van der Waals surface area contributed by atoms with Crippen LogP contribution in [0.25, 0.3) is 0 Å². The second kappa shape index (κ2) is 16.3. The number of carbonyl (C=O) groups is 1. The lowest BCUT2D eigenvalue weighted by Gasteiger charge is -2.21. The fourth-order valence-corrected chi connectivity index (χ4v) is 2.65. The highest BCUT2D eigenvalue weighted by atomic mass is 127. The van der Waals surface area contributed by atoms with Crippen molar-refractivity contribution in [3.05, 3.63) is 29.8 Å². The molecule has 0 aliphatic carbocycles. The van der Waals surface area contributed by atoms with Crippen LogP contribution in [-0.4, -0.2) is 51.3 Å². The van der Waals surface area contributed by atoms with E-state index >= 15 is 0 Å². The van der Waals surface area contributed by atoms with E-state index in [2.05, 4.69) is 34.8 Å². The van der Waals surface area contributed by atoms with Crippen molar-refractivity contribution in [3.63, 3.8) is 0 Å². The Hall–Kier alpha value is -1.55. The fraction of sp³-hybridized carbons (Fsp3) is 0.619. The van der Waals surface area contributed by atoms with Crippen LogP contribution in [0.3, 0.4) is 0 Å². The summed E-state index contributed by atoms with van der Waals surface area (Å²) in [5, 5.41) is 9.31. The van der Waals surface area contributed by atoms with Gasteiger partial charge in [0.15, 0.2) is 5.96 Å². The second-order valence-corrected chi connectivity index (χ2v) is 6.77. The molecule has 0 radical (unpaired) electrons. The topological polar surface area (TPSA) is 84.0 Å². The summed E-state index contributed by atoms with van der Waals surface area (Å²) in [4.78, 5) is 16.4. The van der Waals surface area contributed by atoms with Gasteiger partial charge in [-0.05, 0) is 43.9 Å². The zero-order valence-electron chi connectivity index (χ0n) is 18.3. The molecule has 3 N–H and O–H groups in total. The largest absolute Gasteiger partial charge is 0.497 e. The molecule has 1 atom stereocenters. The first-order valence-electron chi connectivity index (χ1n) is 10.0. The molecule has 1 rings (SSSR count). The number of guanidine groups is 1. The number of nitrogens with one attached hydrogen (secondary N) is 3. The number of rotatable bonds is 12. The van der Waals surface area contributed by atoms with Crippen molar-refractivity contribution >= 4 is 35.8 Å². The van der Waals surface area contributed by atoms with Crippen molar-refractivity contribution in [2.75, 3.05) is 33.4 Å². The molecule has 0 heterocycles. The number of carbonyl (C=O) groups excluding carboxylic acids is 1. The predicted octanol–water partition coefficient (Wildman–Crippen LogP) is 2.94. The Kier molecular flexibility index (Phi) is 15.4. The summed E-state index contributed by atoms with van der Waals surface area (Å²) in [7, 11) is 1.63. The SMILES string of the molecule is CCNC(=NCC(=O)NCc1ccc(OC)cc1)NCCC(OCC)C(C)C.I. The molecule has 1 aromatic carbocycles. The van der Waals surface area contributed by atoms with Crippen molar-refractivity contribution in [2.45, 2.75) is 46.8 Å². The minimum Gasteiger partial charge on any atom is -0.497 e. The Bertz CT molecular complexity index is 594. The molecular formula is C21H37IN4O3. The molecule has 0 bridgehead atoms. The summed E-state index contributed by atoms with van der Waals surface area (Å²) in [5.74, 6) is 1.78.